The molecule has 0 unspecified atom stereocenters. The molecule has 0 saturated heterocycles. The van der Waals surface area contributed by atoms with Crippen molar-refractivity contribution < 1.29 is 4.79 Å². The van der Waals surface area contributed by atoms with Crippen molar-refractivity contribution >= 4 is 5.91 Å². The lowest BCUT2D eigenvalue weighted by Crippen LogP contribution is -2.33. The number of hydrazine groups is 1. The Morgan fingerprint density at radius 1 is 1.50 bits per heavy atom. The first kappa shape index (κ1) is 11.4. The summed E-state index contributed by atoms with van der Waals surface area (Å²) in [7, 11) is 2.01. The van der Waals surface area contributed by atoms with E-state index in [1.807, 2.05) is 7.05 Å². The summed E-state index contributed by atoms with van der Waals surface area (Å²) < 4.78 is 0. The molecule has 4 heteroatoms. The van der Waals surface area contributed by atoms with E-state index in [1.165, 1.54) is 12.8 Å². The Bertz CT molecular complexity index is 127. The monoisotopic (exact) mass is 173 g/mol. The van der Waals surface area contributed by atoms with Crippen LogP contribution in [-0.4, -0.2) is 30.9 Å². The third kappa shape index (κ3) is 6.12. The topological polar surface area (TPSA) is 58.4 Å². The van der Waals surface area contributed by atoms with Crippen LogP contribution in [0, 0.1) is 0 Å². The van der Waals surface area contributed by atoms with Crippen molar-refractivity contribution in [1.82, 2.24) is 10.3 Å². The molecule has 0 fully saturated rings. The molecule has 12 heavy (non-hydrogen) atoms. The van der Waals surface area contributed by atoms with Gasteiger partial charge in [-0.25, -0.2) is 5.84 Å². The van der Waals surface area contributed by atoms with Gasteiger partial charge in [0.25, 0.3) is 0 Å². The molecular weight excluding hydrogens is 154 g/mol. The van der Waals surface area contributed by atoms with Crippen LogP contribution in [-0.2, 0) is 4.79 Å². The van der Waals surface area contributed by atoms with E-state index >= 15 is 0 Å². The molecule has 3 N–H and O–H groups in total. The van der Waals surface area contributed by atoms with Crippen molar-refractivity contribution in [2.75, 3.05) is 20.1 Å². The van der Waals surface area contributed by atoms with Crippen LogP contribution in [0.2, 0.25) is 0 Å². The number of hydrogen-bond acceptors (Lipinski definition) is 3. The van der Waals surface area contributed by atoms with Gasteiger partial charge in [-0.3, -0.25) is 10.2 Å². The lowest BCUT2D eigenvalue weighted by atomic mass is 10.3. The Hall–Kier alpha value is -0.610. The summed E-state index contributed by atoms with van der Waals surface area (Å²) in [4.78, 5) is 12.9. The van der Waals surface area contributed by atoms with Gasteiger partial charge in [0, 0.05) is 13.0 Å². The van der Waals surface area contributed by atoms with Gasteiger partial charge in [-0.1, -0.05) is 13.3 Å². The zero-order chi connectivity index (χ0) is 9.40. The van der Waals surface area contributed by atoms with Gasteiger partial charge >= 0.3 is 0 Å². The van der Waals surface area contributed by atoms with Gasteiger partial charge in [-0.15, -0.1) is 0 Å². The number of unbranched alkanes of at least 4 members (excludes halogenated alkanes) is 1. The highest BCUT2D eigenvalue weighted by Gasteiger charge is 2.01. The van der Waals surface area contributed by atoms with Gasteiger partial charge in [0.2, 0.25) is 5.91 Å². The van der Waals surface area contributed by atoms with E-state index in [0.717, 1.165) is 13.1 Å². The number of nitrogens with two attached hydrogens (primary N) is 1. The van der Waals surface area contributed by atoms with Gasteiger partial charge in [0.15, 0.2) is 0 Å². The summed E-state index contributed by atoms with van der Waals surface area (Å²) in [6, 6.07) is 0. The van der Waals surface area contributed by atoms with E-state index in [4.69, 9.17) is 5.84 Å². The SMILES string of the molecule is CCCCN(C)CCC(=O)NN. The lowest BCUT2D eigenvalue weighted by molar-refractivity contribution is -0.121. The Morgan fingerprint density at radius 3 is 2.67 bits per heavy atom. The van der Waals surface area contributed by atoms with Crippen molar-refractivity contribution in [3.63, 3.8) is 0 Å². The Labute approximate surface area is 74.1 Å². The normalized spacial score (nSPS) is 10.3. The minimum atomic E-state index is -0.0988. The molecule has 0 aromatic carbocycles. The highest BCUT2D eigenvalue weighted by molar-refractivity contribution is 5.75. The van der Waals surface area contributed by atoms with Crippen LogP contribution >= 0.6 is 0 Å². The van der Waals surface area contributed by atoms with Crippen LogP contribution in [0.1, 0.15) is 26.2 Å². The molecule has 0 aromatic rings. The van der Waals surface area contributed by atoms with Crippen LogP contribution in [0.3, 0.4) is 0 Å². The fraction of sp³-hybridized carbons (Fsp3) is 0.875. The number of nitrogens with one attached hydrogen (secondary N) is 1. The number of carbonyl (C=O) groups is 1. The average Bonchev–Trinajstić information content (AvgIpc) is 2.10. The van der Waals surface area contributed by atoms with Crippen LogP contribution in [0.25, 0.3) is 0 Å². The standard InChI is InChI=1S/C8H19N3O/c1-3-4-6-11(2)7-5-8(12)10-9/h3-7,9H2,1-2H3,(H,10,12). The summed E-state index contributed by atoms with van der Waals surface area (Å²) in [6.07, 6.45) is 2.85. The van der Waals surface area contributed by atoms with E-state index in [2.05, 4.69) is 17.2 Å². The summed E-state index contributed by atoms with van der Waals surface area (Å²) in [5.74, 6) is 4.84. The van der Waals surface area contributed by atoms with Crippen LogP contribution in [0.5, 0.6) is 0 Å². The average molecular weight is 173 g/mol. The number of carbonyl (C=O) groups excluding carboxylic acids is 1. The first-order valence-corrected chi connectivity index (χ1v) is 4.38. The van der Waals surface area contributed by atoms with E-state index in [1.54, 1.807) is 0 Å². The smallest absolute Gasteiger partial charge is 0.235 e. The molecule has 0 spiro atoms. The number of rotatable bonds is 6. The van der Waals surface area contributed by atoms with Crippen LogP contribution in [0.4, 0.5) is 0 Å². The maximum Gasteiger partial charge on any atom is 0.235 e. The van der Waals surface area contributed by atoms with Gasteiger partial charge in [-0.2, -0.15) is 0 Å². The molecule has 72 valence electrons. The molecular formula is C8H19N3O. The van der Waals surface area contributed by atoms with E-state index in [9.17, 15) is 4.79 Å². The lowest BCUT2D eigenvalue weighted by Gasteiger charge is -2.14. The number of nitrogens with zero attached hydrogens (tertiary/aromatic N) is 1. The molecule has 0 radical (unpaired) electrons. The Kier molecular flexibility index (Phi) is 6.70. The van der Waals surface area contributed by atoms with Crippen LogP contribution < -0.4 is 11.3 Å². The predicted octanol–water partition coefficient (Wildman–Crippen LogP) is 0.0983. The maximum absolute atomic E-state index is 10.7. The third-order valence-electron chi connectivity index (χ3n) is 1.77. The van der Waals surface area contributed by atoms with Crippen molar-refractivity contribution in [1.29, 1.82) is 0 Å². The second-order valence-electron chi connectivity index (χ2n) is 2.97. The molecule has 0 atom stereocenters. The summed E-state index contributed by atoms with van der Waals surface area (Å²) in [5, 5.41) is 0. The Morgan fingerprint density at radius 2 is 2.17 bits per heavy atom. The largest absolute Gasteiger partial charge is 0.306 e. The highest BCUT2D eigenvalue weighted by atomic mass is 16.2. The van der Waals surface area contributed by atoms with Gasteiger partial charge in [0.1, 0.15) is 0 Å². The summed E-state index contributed by atoms with van der Waals surface area (Å²) in [6.45, 7) is 3.98. The van der Waals surface area contributed by atoms with E-state index in [0.29, 0.717) is 6.42 Å². The van der Waals surface area contributed by atoms with Crippen molar-refractivity contribution in [3.8, 4) is 0 Å². The van der Waals surface area contributed by atoms with Crippen molar-refractivity contribution in [2.24, 2.45) is 5.84 Å². The number of hydrogen-bond donors (Lipinski definition) is 2. The minimum absolute atomic E-state index is 0.0988. The molecule has 0 aliphatic heterocycles. The molecule has 0 bridgehead atoms. The zero-order valence-electron chi connectivity index (χ0n) is 7.97. The minimum Gasteiger partial charge on any atom is -0.306 e. The molecule has 0 heterocycles. The van der Waals surface area contributed by atoms with Gasteiger partial charge in [0.05, 0.1) is 0 Å². The first-order valence-electron chi connectivity index (χ1n) is 4.38. The van der Waals surface area contributed by atoms with Gasteiger partial charge < -0.3 is 4.90 Å². The molecule has 0 rings (SSSR count). The molecule has 1 amide bonds. The fourth-order valence-electron chi connectivity index (χ4n) is 0.904. The quantitative estimate of drug-likeness (QED) is 0.340. The van der Waals surface area contributed by atoms with Crippen LogP contribution in [0.15, 0.2) is 0 Å². The van der Waals surface area contributed by atoms with Crippen molar-refractivity contribution in [3.05, 3.63) is 0 Å². The second-order valence-corrected chi connectivity index (χ2v) is 2.97. The second kappa shape index (κ2) is 7.06. The molecule has 0 aliphatic carbocycles. The molecule has 4 nitrogen and oxygen atoms in total. The predicted molar refractivity (Wildman–Crippen MR) is 49.4 cm³/mol. The zero-order valence-corrected chi connectivity index (χ0v) is 7.97. The third-order valence-corrected chi connectivity index (χ3v) is 1.77. The Balaban J connectivity index is 3.30. The summed E-state index contributed by atoms with van der Waals surface area (Å²) >= 11 is 0. The number of amides is 1. The first-order chi connectivity index (χ1) is 5.70. The molecule has 0 saturated carbocycles. The van der Waals surface area contributed by atoms with E-state index in [-0.39, 0.29) is 5.91 Å². The molecule has 0 aromatic heterocycles. The summed E-state index contributed by atoms with van der Waals surface area (Å²) in [5.41, 5.74) is 2.11. The maximum atomic E-state index is 10.7. The van der Waals surface area contributed by atoms with Crippen molar-refractivity contribution in [2.45, 2.75) is 26.2 Å². The van der Waals surface area contributed by atoms with Gasteiger partial charge in [-0.05, 0) is 20.0 Å². The van der Waals surface area contributed by atoms with E-state index < -0.39 is 0 Å². The fourth-order valence-corrected chi connectivity index (χ4v) is 0.904. The highest BCUT2D eigenvalue weighted by Crippen LogP contribution is 1.92. The molecule has 0 aliphatic rings.